The Labute approximate surface area is 75.4 Å². The molecule has 4 heteroatoms. The third kappa shape index (κ3) is 1.82. The molecule has 0 aliphatic rings. The van der Waals surface area contributed by atoms with Crippen LogP contribution in [0, 0.1) is 6.92 Å². The molecule has 0 spiro atoms. The molecule has 1 aromatic rings. The summed E-state index contributed by atoms with van der Waals surface area (Å²) in [5.74, 6) is -0.403. The SMILES string of the molecule is COC(=O)C(C)c1cnc(C)s1. The molecule has 1 aromatic heterocycles. The lowest BCUT2D eigenvalue weighted by molar-refractivity contribution is -0.141. The molecule has 0 saturated heterocycles. The minimum Gasteiger partial charge on any atom is -0.469 e. The van der Waals surface area contributed by atoms with E-state index in [-0.39, 0.29) is 11.9 Å². The topological polar surface area (TPSA) is 39.2 Å². The minimum atomic E-state index is -0.210. The number of methoxy groups -OCH3 is 1. The van der Waals surface area contributed by atoms with E-state index in [1.807, 2.05) is 13.8 Å². The molecule has 0 aromatic carbocycles. The fourth-order valence-electron chi connectivity index (χ4n) is 0.871. The van der Waals surface area contributed by atoms with Gasteiger partial charge >= 0.3 is 5.97 Å². The first-order chi connectivity index (χ1) is 5.65. The number of carbonyl (C=O) groups is 1. The van der Waals surface area contributed by atoms with Gasteiger partial charge in [0.1, 0.15) is 0 Å². The van der Waals surface area contributed by atoms with Crippen molar-refractivity contribution in [1.29, 1.82) is 0 Å². The van der Waals surface area contributed by atoms with E-state index < -0.39 is 0 Å². The number of aromatic nitrogens is 1. The Morgan fingerprint density at radius 2 is 2.42 bits per heavy atom. The smallest absolute Gasteiger partial charge is 0.313 e. The summed E-state index contributed by atoms with van der Waals surface area (Å²) < 4.78 is 4.62. The van der Waals surface area contributed by atoms with Crippen LogP contribution in [0.5, 0.6) is 0 Å². The molecule has 66 valence electrons. The first kappa shape index (κ1) is 9.19. The van der Waals surface area contributed by atoms with Crippen LogP contribution in [0.4, 0.5) is 0 Å². The number of ether oxygens (including phenoxy) is 1. The quantitative estimate of drug-likeness (QED) is 0.659. The molecular formula is C8H11NO2S. The van der Waals surface area contributed by atoms with Gasteiger partial charge in [-0.3, -0.25) is 4.79 Å². The molecular weight excluding hydrogens is 174 g/mol. The van der Waals surface area contributed by atoms with Crippen LogP contribution < -0.4 is 0 Å². The number of thiazole rings is 1. The lowest BCUT2D eigenvalue weighted by atomic mass is 10.1. The van der Waals surface area contributed by atoms with Crippen LogP contribution in [0.25, 0.3) is 0 Å². The Kier molecular flexibility index (Phi) is 2.81. The van der Waals surface area contributed by atoms with Crippen LogP contribution in [-0.2, 0) is 9.53 Å². The van der Waals surface area contributed by atoms with E-state index >= 15 is 0 Å². The van der Waals surface area contributed by atoms with Crippen LogP contribution in [0.3, 0.4) is 0 Å². The second-order valence-corrected chi connectivity index (χ2v) is 3.79. The molecule has 3 nitrogen and oxygen atoms in total. The summed E-state index contributed by atoms with van der Waals surface area (Å²) in [7, 11) is 1.40. The van der Waals surface area contributed by atoms with Gasteiger partial charge < -0.3 is 4.74 Å². The van der Waals surface area contributed by atoms with Crippen molar-refractivity contribution in [2.75, 3.05) is 7.11 Å². The Hall–Kier alpha value is -0.900. The zero-order chi connectivity index (χ0) is 9.14. The Bertz CT molecular complexity index is 282. The molecule has 0 aliphatic carbocycles. The standard InChI is InChI=1S/C8H11NO2S/c1-5(8(10)11-3)7-4-9-6(2)12-7/h4-5H,1-3H3. The minimum absolute atomic E-state index is 0.193. The lowest BCUT2D eigenvalue weighted by Crippen LogP contribution is -2.09. The lowest BCUT2D eigenvalue weighted by Gasteiger charge is -2.04. The number of hydrogen-bond donors (Lipinski definition) is 0. The molecule has 0 saturated carbocycles. The number of nitrogens with zero attached hydrogens (tertiary/aromatic N) is 1. The van der Waals surface area contributed by atoms with E-state index in [4.69, 9.17) is 0 Å². The first-order valence-electron chi connectivity index (χ1n) is 3.65. The monoisotopic (exact) mass is 185 g/mol. The molecule has 1 atom stereocenters. The van der Waals surface area contributed by atoms with Gasteiger partial charge in [-0.1, -0.05) is 0 Å². The molecule has 0 radical (unpaired) electrons. The summed E-state index contributed by atoms with van der Waals surface area (Å²) in [5.41, 5.74) is 0. The molecule has 1 unspecified atom stereocenters. The molecule has 1 rings (SSSR count). The molecule has 0 fully saturated rings. The fraction of sp³-hybridized carbons (Fsp3) is 0.500. The summed E-state index contributed by atoms with van der Waals surface area (Å²) in [6.45, 7) is 3.73. The summed E-state index contributed by atoms with van der Waals surface area (Å²) in [5, 5.41) is 0.973. The Morgan fingerprint density at radius 1 is 1.75 bits per heavy atom. The predicted octanol–water partition coefficient (Wildman–Crippen LogP) is 1.73. The second-order valence-electron chi connectivity index (χ2n) is 2.53. The van der Waals surface area contributed by atoms with Crippen molar-refractivity contribution >= 4 is 17.3 Å². The zero-order valence-electron chi connectivity index (χ0n) is 7.33. The van der Waals surface area contributed by atoms with Gasteiger partial charge in [-0.25, -0.2) is 4.98 Å². The second kappa shape index (κ2) is 3.67. The number of hydrogen-bond acceptors (Lipinski definition) is 4. The summed E-state index contributed by atoms with van der Waals surface area (Å²) >= 11 is 1.53. The van der Waals surface area contributed by atoms with Crippen molar-refractivity contribution in [2.24, 2.45) is 0 Å². The number of esters is 1. The molecule has 0 amide bonds. The maximum atomic E-state index is 11.1. The van der Waals surface area contributed by atoms with E-state index in [0.29, 0.717) is 0 Å². The average molecular weight is 185 g/mol. The third-order valence-electron chi connectivity index (χ3n) is 1.62. The van der Waals surface area contributed by atoms with Gasteiger partial charge in [0.25, 0.3) is 0 Å². The van der Waals surface area contributed by atoms with Crippen LogP contribution in [0.15, 0.2) is 6.20 Å². The van der Waals surface area contributed by atoms with Crippen molar-refractivity contribution in [3.05, 3.63) is 16.1 Å². The van der Waals surface area contributed by atoms with Crippen molar-refractivity contribution in [3.63, 3.8) is 0 Å². The highest BCUT2D eigenvalue weighted by Crippen LogP contribution is 2.22. The van der Waals surface area contributed by atoms with Crippen LogP contribution >= 0.6 is 11.3 Å². The van der Waals surface area contributed by atoms with E-state index in [2.05, 4.69) is 9.72 Å². The largest absolute Gasteiger partial charge is 0.469 e. The Balaban J connectivity index is 2.77. The van der Waals surface area contributed by atoms with Gasteiger partial charge in [0.15, 0.2) is 0 Å². The predicted molar refractivity (Wildman–Crippen MR) is 47.3 cm³/mol. The normalized spacial score (nSPS) is 12.6. The van der Waals surface area contributed by atoms with Crippen LogP contribution in [0.2, 0.25) is 0 Å². The Morgan fingerprint density at radius 3 is 2.83 bits per heavy atom. The third-order valence-corrected chi connectivity index (χ3v) is 2.72. The van der Waals surface area contributed by atoms with Crippen LogP contribution in [-0.4, -0.2) is 18.1 Å². The van der Waals surface area contributed by atoms with Gasteiger partial charge in [0.2, 0.25) is 0 Å². The van der Waals surface area contributed by atoms with Gasteiger partial charge in [0, 0.05) is 11.1 Å². The average Bonchev–Trinajstić information content (AvgIpc) is 2.49. The van der Waals surface area contributed by atoms with Crippen molar-refractivity contribution < 1.29 is 9.53 Å². The summed E-state index contributed by atoms with van der Waals surface area (Å²) in [6, 6.07) is 0. The summed E-state index contributed by atoms with van der Waals surface area (Å²) in [6.07, 6.45) is 1.72. The summed E-state index contributed by atoms with van der Waals surface area (Å²) in [4.78, 5) is 16.1. The highest BCUT2D eigenvalue weighted by molar-refractivity contribution is 7.11. The van der Waals surface area contributed by atoms with E-state index in [9.17, 15) is 4.79 Å². The first-order valence-corrected chi connectivity index (χ1v) is 4.47. The van der Waals surface area contributed by atoms with Crippen molar-refractivity contribution in [3.8, 4) is 0 Å². The van der Waals surface area contributed by atoms with E-state index in [1.165, 1.54) is 18.4 Å². The van der Waals surface area contributed by atoms with E-state index in [1.54, 1.807) is 6.20 Å². The maximum absolute atomic E-state index is 11.1. The molecule has 0 N–H and O–H groups in total. The van der Waals surface area contributed by atoms with Crippen molar-refractivity contribution in [1.82, 2.24) is 4.98 Å². The van der Waals surface area contributed by atoms with Crippen molar-refractivity contribution in [2.45, 2.75) is 19.8 Å². The maximum Gasteiger partial charge on any atom is 0.313 e. The molecule has 1 heterocycles. The fourth-order valence-corrected chi connectivity index (χ4v) is 1.70. The highest BCUT2D eigenvalue weighted by atomic mass is 32.1. The van der Waals surface area contributed by atoms with E-state index in [0.717, 1.165) is 9.88 Å². The number of aryl methyl sites for hydroxylation is 1. The zero-order valence-corrected chi connectivity index (χ0v) is 8.14. The van der Waals surface area contributed by atoms with Gasteiger partial charge in [-0.05, 0) is 13.8 Å². The van der Waals surface area contributed by atoms with Gasteiger partial charge in [-0.2, -0.15) is 0 Å². The number of carbonyl (C=O) groups excluding carboxylic acids is 1. The molecule has 0 bridgehead atoms. The van der Waals surface area contributed by atoms with Gasteiger partial charge in [0.05, 0.1) is 18.0 Å². The van der Waals surface area contributed by atoms with Gasteiger partial charge in [-0.15, -0.1) is 11.3 Å². The molecule has 0 aliphatic heterocycles. The number of rotatable bonds is 2. The van der Waals surface area contributed by atoms with Crippen LogP contribution in [0.1, 0.15) is 22.7 Å². The molecule has 12 heavy (non-hydrogen) atoms. The highest BCUT2D eigenvalue weighted by Gasteiger charge is 2.17.